The molecule has 1 N–H and O–H groups in total. The molecule has 0 radical (unpaired) electrons. The Kier molecular flexibility index (Phi) is 7.78. The number of hydrogen-bond donors (Lipinski definition) is 1. The fourth-order valence-electron chi connectivity index (χ4n) is 2.68. The summed E-state index contributed by atoms with van der Waals surface area (Å²) in [5.74, 6) is -0.704. The maximum absolute atomic E-state index is 12.1. The van der Waals surface area contributed by atoms with Gasteiger partial charge in [0.1, 0.15) is 0 Å². The maximum Gasteiger partial charge on any atom is 0.331 e. The number of amides is 1. The zero-order chi connectivity index (χ0) is 17.4. The van der Waals surface area contributed by atoms with Crippen molar-refractivity contribution in [2.24, 2.45) is 11.8 Å². The van der Waals surface area contributed by atoms with Crippen molar-refractivity contribution in [3.8, 4) is 0 Å². The first-order valence-corrected chi connectivity index (χ1v) is 8.21. The van der Waals surface area contributed by atoms with Crippen LogP contribution in [0.15, 0.2) is 12.2 Å². The van der Waals surface area contributed by atoms with Crippen LogP contribution in [-0.4, -0.2) is 36.6 Å². The Bertz CT molecular complexity index is 460. The average Bonchev–Trinajstić information content (AvgIpc) is 2.50. The molecular formula is C17H27NO5. The zero-order valence-electron chi connectivity index (χ0n) is 14.3. The van der Waals surface area contributed by atoms with E-state index in [1.807, 2.05) is 0 Å². The fourth-order valence-corrected chi connectivity index (χ4v) is 2.68. The highest BCUT2D eigenvalue weighted by Gasteiger charge is 2.29. The Labute approximate surface area is 137 Å². The van der Waals surface area contributed by atoms with E-state index in [4.69, 9.17) is 4.74 Å². The second kappa shape index (κ2) is 9.33. The van der Waals surface area contributed by atoms with Gasteiger partial charge in [0, 0.05) is 18.2 Å². The van der Waals surface area contributed by atoms with Crippen LogP contribution < -0.4 is 5.32 Å². The van der Waals surface area contributed by atoms with Crippen molar-refractivity contribution >= 4 is 17.8 Å². The molecule has 1 saturated carbocycles. The first-order valence-electron chi connectivity index (χ1n) is 8.21. The Balaban J connectivity index is 2.44. The molecule has 1 amide bonds. The van der Waals surface area contributed by atoms with Crippen LogP contribution in [0.4, 0.5) is 0 Å². The van der Waals surface area contributed by atoms with Crippen LogP contribution in [0, 0.1) is 11.8 Å². The van der Waals surface area contributed by atoms with Crippen LogP contribution in [0.3, 0.4) is 0 Å². The van der Waals surface area contributed by atoms with Gasteiger partial charge in [-0.1, -0.05) is 26.7 Å². The summed E-state index contributed by atoms with van der Waals surface area (Å²) >= 11 is 0. The van der Waals surface area contributed by atoms with Crippen molar-refractivity contribution in [2.45, 2.75) is 59.1 Å². The van der Waals surface area contributed by atoms with E-state index in [2.05, 4.69) is 23.9 Å². The lowest BCUT2D eigenvalue weighted by Gasteiger charge is -2.35. The predicted molar refractivity (Wildman–Crippen MR) is 85.4 cm³/mol. The minimum Gasteiger partial charge on any atom is -0.463 e. The Morgan fingerprint density at radius 2 is 1.83 bits per heavy atom. The Hall–Kier alpha value is -1.85. The summed E-state index contributed by atoms with van der Waals surface area (Å²) in [6.07, 6.45) is 4.26. The number of nitrogens with one attached hydrogen (secondary N) is 1. The van der Waals surface area contributed by atoms with Crippen molar-refractivity contribution in [3.05, 3.63) is 12.2 Å². The SMILES string of the molecule is CCOC(=O)/C=C/C(=O)O[C@H](C)C(=O)N[C@H]1CCC[C@H](C)[C@@H]1C. The molecule has 1 fully saturated rings. The first kappa shape index (κ1) is 19.2. The maximum atomic E-state index is 12.1. The van der Waals surface area contributed by atoms with Crippen LogP contribution in [0.2, 0.25) is 0 Å². The van der Waals surface area contributed by atoms with Gasteiger partial charge in [0.05, 0.1) is 6.61 Å². The highest BCUT2D eigenvalue weighted by atomic mass is 16.5. The molecule has 1 aliphatic carbocycles. The summed E-state index contributed by atoms with van der Waals surface area (Å²) in [5, 5.41) is 2.96. The largest absolute Gasteiger partial charge is 0.463 e. The molecule has 0 spiro atoms. The number of carbonyl (C=O) groups is 3. The predicted octanol–water partition coefficient (Wildman–Crippen LogP) is 1.98. The molecule has 0 aromatic heterocycles. The van der Waals surface area contributed by atoms with Gasteiger partial charge in [0.15, 0.2) is 6.10 Å². The minimum atomic E-state index is -0.904. The average molecular weight is 325 g/mol. The Morgan fingerprint density at radius 1 is 1.17 bits per heavy atom. The van der Waals surface area contributed by atoms with Gasteiger partial charge in [0.25, 0.3) is 5.91 Å². The van der Waals surface area contributed by atoms with Crippen molar-refractivity contribution < 1.29 is 23.9 Å². The summed E-state index contributed by atoms with van der Waals surface area (Å²) in [6.45, 7) is 7.74. The number of rotatable bonds is 6. The number of esters is 2. The van der Waals surface area contributed by atoms with Crippen LogP contribution in [0.25, 0.3) is 0 Å². The summed E-state index contributed by atoms with van der Waals surface area (Å²) in [5.41, 5.74) is 0. The second-order valence-corrected chi connectivity index (χ2v) is 6.05. The summed E-state index contributed by atoms with van der Waals surface area (Å²) < 4.78 is 9.65. The van der Waals surface area contributed by atoms with Crippen LogP contribution in [-0.2, 0) is 23.9 Å². The van der Waals surface area contributed by atoms with Crippen LogP contribution in [0.5, 0.6) is 0 Å². The van der Waals surface area contributed by atoms with Crippen molar-refractivity contribution in [3.63, 3.8) is 0 Å². The molecule has 0 heterocycles. The van der Waals surface area contributed by atoms with Gasteiger partial charge in [0.2, 0.25) is 0 Å². The van der Waals surface area contributed by atoms with Gasteiger partial charge in [-0.25, -0.2) is 9.59 Å². The van der Waals surface area contributed by atoms with Crippen LogP contribution >= 0.6 is 0 Å². The highest BCUT2D eigenvalue weighted by Crippen LogP contribution is 2.29. The summed E-state index contributed by atoms with van der Waals surface area (Å²) in [6, 6.07) is 0.113. The molecule has 1 aliphatic rings. The minimum absolute atomic E-state index is 0.113. The molecule has 0 bridgehead atoms. The molecule has 1 rings (SSSR count). The molecule has 23 heavy (non-hydrogen) atoms. The highest BCUT2D eigenvalue weighted by molar-refractivity contribution is 5.93. The van der Waals surface area contributed by atoms with E-state index >= 15 is 0 Å². The molecule has 0 aliphatic heterocycles. The third kappa shape index (κ3) is 6.42. The van der Waals surface area contributed by atoms with Crippen LogP contribution in [0.1, 0.15) is 47.0 Å². The van der Waals surface area contributed by atoms with E-state index in [0.29, 0.717) is 11.8 Å². The topological polar surface area (TPSA) is 81.7 Å². The molecule has 6 heteroatoms. The van der Waals surface area contributed by atoms with E-state index in [-0.39, 0.29) is 18.6 Å². The van der Waals surface area contributed by atoms with Gasteiger partial charge in [-0.15, -0.1) is 0 Å². The van der Waals surface area contributed by atoms with Gasteiger partial charge in [-0.2, -0.15) is 0 Å². The van der Waals surface area contributed by atoms with E-state index < -0.39 is 18.0 Å². The van der Waals surface area contributed by atoms with Crippen molar-refractivity contribution in [2.75, 3.05) is 6.61 Å². The lowest BCUT2D eigenvalue weighted by Crippen LogP contribution is -2.47. The van der Waals surface area contributed by atoms with Gasteiger partial charge in [-0.3, -0.25) is 4.79 Å². The normalized spacial score (nSPS) is 25.7. The molecule has 0 aromatic rings. The number of carbonyl (C=O) groups excluding carboxylic acids is 3. The van der Waals surface area contributed by atoms with E-state index in [1.54, 1.807) is 6.92 Å². The van der Waals surface area contributed by atoms with E-state index in [9.17, 15) is 14.4 Å². The van der Waals surface area contributed by atoms with Gasteiger partial charge in [-0.05, 0) is 32.1 Å². The third-order valence-corrected chi connectivity index (χ3v) is 4.34. The zero-order valence-corrected chi connectivity index (χ0v) is 14.3. The third-order valence-electron chi connectivity index (χ3n) is 4.34. The molecular weight excluding hydrogens is 298 g/mol. The number of hydrogen-bond acceptors (Lipinski definition) is 5. The molecule has 6 nitrogen and oxygen atoms in total. The quantitative estimate of drug-likeness (QED) is 0.596. The van der Waals surface area contributed by atoms with Crippen molar-refractivity contribution in [1.29, 1.82) is 0 Å². The molecule has 0 aromatic carbocycles. The first-order chi connectivity index (χ1) is 10.8. The molecule has 130 valence electrons. The summed E-state index contributed by atoms with van der Waals surface area (Å²) in [7, 11) is 0. The molecule has 0 unspecified atom stereocenters. The lowest BCUT2D eigenvalue weighted by atomic mass is 9.78. The Morgan fingerprint density at radius 3 is 2.48 bits per heavy atom. The second-order valence-electron chi connectivity index (χ2n) is 6.05. The van der Waals surface area contributed by atoms with Gasteiger partial charge >= 0.3 is 11.9 Å². The molecule has 4 atom stereocenters. The summed E-state index contributed by atoms with van der Waals surface area (Å²) in [4.78, 5) is 34.8. The van der Waals surface area contributed by atoms with Gasteiger partial charge < -0.3 is 14.8 Å². The van der Waals surface area contributed by atoms with Crippen molar-refractivity contribution in [1.82, 2.24) is 5.32 Å². The van der Waals surface area contributed by atoms with E-state index in [0.717, 1.165) is 25.0 Å². The number of ether oxygens (including phenoxy) is 2. The monoisotopic (exact) mass is 325 g/mol. The molecule has 0 saturated heterocycles. The standard InChI is InChI=1S/C17H27NO5/c1-5-22-15(19)9-10-16(20)23-13(4)17(21)18-14-8-6-7-11(2)12(14)3/h9-14H,5-8H2,1-4H3,(H,18,21)/b10-9+/t11-,12-,13+,14-/m0/s1. The smallest absolute Gasteiger partial charge is 0.331 e. The van der Waals surface area contributed by atoms with E-state index in [1.165, 1.54) is 13.3 Å². The lowest BCUT2D eigenvalue weighted by molar-refractivity contribution is -0.151. The fraction of sp³-hybridized carbons (Fsp3) is 0.706.